The fourth-order valence-corrected chi connectivity index (χ4v) is 13.5. The number of carbonyl (C=O) groups excluding carboxylic acids is 4. The molecule has 410 valence electrons. The number of nitrogens with one attached hydrogen (secondary N) is 2. The normalized spacial score (nSPS) is 25.6. The maximum atomic E-state index is 14.4. The highest BCUT2D eigenvalue weighted by Crippen LogP contribution is 2.67. The summed E-state index contributed by atoms with van der Waals surface area (Å²) < 4.78 is 59.0. The van der Waals surface area contributed by atoms with Gasteiger partial charge in [-0.3, -0.25) is 14.4 Å². The van der Waals surface area contributed by atoms with E-state index < -0.39 is 57.3 Å². The third-order valence-corrected chi connectivity index (χ3v) is 17.3. The van der Waals surface area contributed by atoms with E-state index in [-0.39, 0.29) is 99.5 Å². The molecule has 3 aromatic carbocycles. The second kappa shape index (κ2) is 23.9. The van der Waals surface area contributed by atoms with Crippen molar-refractivity contribution in [2.45, 2.75) is 97.0 Å². The number of Topliss-reactive ketones (excluding diaryl/α,β-unsaturated/α-hetero) is 1. The highest BCUT2D eigenvalue weighted by atomic mass is 32.2. The highest BCUT2D eigenvalue weighted by Gasteiger charge is 2.68. The Morgan fingerprint density at radius 1 is 0.908 bits per heavy atom. The molecule has 1 heterocycles. The molecule has 3 fully saturated rings. The van der Waals surface area contributed by atoms with Gasteiger partial charge in [-0.1, -0.05) is 48.8 Å². The molecule has 76 heavy (non-hydrogen) atoms. The van der Waals surface area contributed by atoms with Crippen LogP contribution in [0.1, 0.15) is 97.1 Å². The van der Waals surface area contributed by atoms with Gasteiger partial charge in [0, 0.05) is 61.0 Å². The minimum atomic E-state index is -4.43. The van der Waals surface area contributed by atoms with E-state index in [1.165, 1.54) is 5.57 Å². The largest absolute Gasteiger partial charge is 0.748 e. The zero-order valence-corrected chi connectivity index (χ0v) is 44.5. The third-order valence-electron chi connectivity index (χ3n) is 16.6. The van der Waals surface area contributed by atoms with Gasteiger partial charge in [0.2, 0.25) is 11.0 Å². The maximum absolute atomic E-state index is 14.4. The Labute approximate surface area is 442 Å². The van der Waals surface area contributed by atoms with Gasteiger partial charge in [0.05, 0.1) is 71.3 Å². The molecule has 0 aliphatic heterocycles. The second-order valence-corrected chi connectivity index (χ2v) is 22.6. The van der Waals surface area contributed by atoms with Crippen molar-refractivity contribution in [3.63, 3.8) is 0 Å². The number of aliphatic hydroxyl groups excluding tert-OH is 2. The van der Waals surface area contributed by atoms with Crippen LogP contribution < -0.4 is 19.9 Å². The van der Waals surface area contributed by atoms with Crippen LogP contribution in [0.4, 0.5) is 0 Å². The van der Waals surface area contributed by atoms with Gasteiger partial charge < -0.3 is 54.3 Å². The Kier molecular flexibility index (Phi) is 17.8. The van der Waals surface area contributed by atoms with Gasteiger partial charge in [-0.2, -0.15) is 4.57 Å². The summed E-state index contributed by atoms with van der Waals surface area (Å²) in [6.45, 7) is 6.27. The minimum Gasteiger partial charge on any atom is -0.748 e. The van der Waals surface area contributed by atoms with Crippen LogP contribution in [-0.2, 0) is 51.9 Å². The molecule has 19 nitrogen and oxygen atoms in total. The number of aryl methyl sites for hydroxylation is 2. The fourth-order valence-electron chi connectivity index (χ4n) is 13.0. The van der Waals surface area contributed by atoms with Crippen molar-refractivity contribution in [3.8, 4) is 5.75 Å². The quantitative estimate of drug-likeness (QED) is 0.0131. The van der Waals surface area contributed by atoms with Gasteiger partial charge in [0.1, 0.15) is 18.0 Å². The van der Waals surface area contributed by atoms with Crippen molar-refractivity contribution >= 4 is 61.2 Å². The number of oxime groups is 1. The summed E-state index contributed by atoms with van der Waals surface area (Å²) >= 11 is 0. The molecule has 0 spiro atoms. The first-order valence-electron chi connectivity index (χ1n) is 26.1. The van der Waals surface area contributed by atoms with Crippen LogP contribution in [0.2, 0.25) is 0 Å². The molecule has 0 radical (unpaired) electrons. The standard InChI is InChI=1S/C56H70N4O15S/c1-35-28-36(29-37(33-73-26-25-71-4)51(35)75-53(66)49-41-10-5-7-12-44(41)60(22-9-27-76(68,69)70)45-13-8-6-11-42(45)49)52(65)58-21-24-72-23-20-57-48(64)34-74-59-39-16-18-54(2)38(30-39)14-15-40-43-17-19-56(67,47(63)32-61)55(43,3)31-46(62)50(40)54/h5-8,10-13,28-30,40,43,46,50,61-62,67H,9,14-27,31-34H2,1-4H3,(H2-,57,58,64,65,68,69,70)/b59-39+. The molecule has 4 aromatic rings. The smallest absolute Gasteiger partial charge is 0.345 e. The summed E-state index contributed by atoms with van der Waals surface area (Å²) in [5, 5.41) is 43.9. The van der Waals surface area contributed by atoms with Gasteiger partial charge >= 0.3 is 5.97 Å². The van der Waals surface area contributed by atoms with E-state index in [1.807, 2.05) is 29.7 Å². The lowest BCUT2D eigenvalue weighted by atomic mass is 9.45. The average Bonchev–Trinajstić information content (AvgIpc) is 3.67. The molecule has 1 aromatic heterocycles. The topological polar surface area (TPSA) is 273 Å². The highest BCUT2D eigenvalue weighted by molar-refractivity contribution is 7.85. The van der Waals surface area contributed by atoms with Crippen molar-refractivity contribution in [3.05, 3.63) is 94.6 Å². The number of hydrogen-bond acceptors (Lipinski definition) is 16. The van der Waals surface area contributed by atoms with Crippen molar-refractivity contribution in [2.75, 3.05) is 65.6 Å². The van der Waals surface area contributed by atoms with E-state index in [0.717, 1.165) is 25.0 Å². The second-order valence-electron chi connectivity index (χ2n) is 21.1. The number of methoxy groups -OCH3 is 1. The van der Waals surface area contributed by atoms with E-state index in [0.29, 0.717) is 70.8 Å². The van der Waals surface area contributed by atoms with Crippen LogP contribution >= 0.6 is 0 Å². The van der Waals surface area contributed by atoms with Crippen molar-refractivity contribution in [1.29, 1.82) is 0 Å². The Morgan fingerprint density at radius 3 is 2.29 bits per heavy atom. The van der Waals surface area contributed by atoms with Crippen LogP contribution in [0.5, 0.6) is 5.75 Å². The van der Waals surface area contributed by atoms with Crippen LogP contribution in [0, 0.1) is 35.5 Å². The number of fused-ring (bicyclic) bond motifs is 7. The monoisotopic (exact) mass is 1070 g/mol. The van der Waals surface area contributed by atoms with E-state index in [9.17, 15) is 47.5 Å². The molecular formula is C56H70N4O15S. The summed E-state index contributed by atoms with van der Waals surface area (Å²) in [7, 11) is -2.88. The third kappa shape index (κ3) is 11.7. The van der Waals surface area contributed by atoms with Crippen LogP contribution in [0.25, 0.3) is 21.8 Å². The van der Waals surface area contributed by atoms with Gasteiger partial charge in [0.15, 0.2) is 18.9 Å². The average molecular weight is 1070 g/mol. The number of hydrogen-bond donors (Lipinski definition) is 5. The molecule has 0 saturated heterocycles. The molecule has 0 bridgehead atoms. The number of benzene rings is 3. The number of para-hydroxylation sites is 2. The zero-order chi connectivity index (χ0) is 54.4. The maximum Gasteiger partial charge on any atom is 0.345 e. The van der Waals surface area contributed by atoms with Gasteiger partial charge in [-0.05, 0) is 111 Å². The number of carbonyl (C=O) groups is 4. The number of esters is 1. The first-order valence-corrected chi connectivity index (χ1v) is 27.7. The number of nitrogens with zero attached hydrogens (tertiary/aromatic N) is 2. The molecule has 5 N–H and O–H groups in total. The summed E-state index contributed by atoms with van der Waals surface area (Å²) in [6.07, 6.45) is 5.59. The number of ether oxygens (including phenoxy) is 4. The first-order chi connectivity index (χ1) is 36.3. The van der Waals surface area contributed by atoms with E-state index in [4.69, 9.17) is 23.8 Å². The summed E-state index contributed by atoms with van der Waals surface area (Å²) in [5.41, 5.74) is 2.01. The predicted molar refractivity (Wildman–Crippen MR) is 278 cm³/mol. The van der Waals surface area contributed by atoms with E-state index in [2.05, 4.69) is 22.7 Å². The molecule has 4 aliphatic carbocycles. The lowest BCUT2D eigenvalue weighted by molar-refractivity contribution is -0.645. The minimum absolute atomic E-state index is 0.00179. The number of ketones is 1. The summed E-state index contributed by atoms with van der Waals surface area (Å²) in [6, 6.07) is 17.6. The molecule has 3 saturated carbocycles. The number of pyridine rings is 1. The van der Waals surface area contributed by atoms with Crippen molar-refractivity contribution < 1.29 is 75.8 Å². The summed E-state index contributed by atoms with van der Waals surface area (Å²) in [4.78, 5) is 58.7. The van der Waals surface area contributed by atoms with Gasteiger partial charge in [0.25, 0.3) is 11.8 Å². The van der Waals surface area contributed by atoms with Gasteiger partial charge in [-0.25, -0.2) is 13.2 Å². The number of aliphatic hydroxyl groups is 3. The lowest BCUT2D eigenvalue weighted by Gasteiger charge is -2.60. The number of aromatic nitrogens is 1. The summed E-state index contributed by atoms with van der Waals surface area (Å²) in [5.74, 6) is -2.16. The van der Waals surface area contributed by atoms with Crippen LogP contribution in [0.3, 0.4) is 0 Å². The molecule has 20 heteroatoms. The molecule has 7 unspecified atom stereocenters. The van der Waals surface area contributed by atoms with Crippen molar-refractivity contribution in [1.82, 2.24) is 10.6 Å². The molecular weight excluding hydrogens is 1000 g/mol. The zero-order valence-electron chi connectivity index (χ0n) is 43.6. The Bertz CT molecular complexity index is 2960. The Morgan fingerprint density at radius 2 is 1.61 bits per heavy atom. The molecule has 4 aliphatic rings. The molecule has 7 atom stereocenters. The van der Waals surface area contributed by atoms with E-state index in [1.54, 1.807) is 62.6 Å². The van der Waals surface area contributed by atoms with Crippen LogP contribution in [-0.4, -0.2) is 135 Å². The van der Waals surface area contributed by atoms with E-state index >= 15 is 0 Å². The Balaban J connectivity index is 0.814. The predicted octanol–water partition coefficient (Wildman–Crippen LogP) is 4.37. The van der Waals surface area contributed by atoms with Crippen LogP contribution in [0.15, 0.2) is 77.5 Å². The Hall–Kier alpha value is -5.71. The number of rotatable bonds is 23. The van der Waals surface area contributed by atoms with Gasteiger partial charge in [-0.15, -0.1) is 0 Å². The lowest BCUT2D eigenvalue weighted by Crippen LogP contribution is -2.62. The van der Waals surface area contributed by atoms with Crippen molar-refractivity contribution in [2.24, 2.45) is 33.7 Å². The molecule has 8 rings (SSSR count). The fraction of sp³-hybridized carbons (Fsp3) is 0.536. The first kappa shape index (κ1) is 56.5. The number of allylic oxidation sites excluding steroid dienone is 2. The molecule has 2 amide bonds. The SMILES string of the molecule is COCCOCc1cc(C(=O)NCCOCCNC(=O)CO/N=C2/C=C3CCC4C(C(O)CC5(C)C4CCC5(O)C(=O)CO)C3(C)CC2)cc(C)c1OC(=O)c1c2ccccc2[n+](CCCS(=O)(=O)[O-])c2ccccc12. The number of amides is 2.